The topological polar surface area (TPSA) is 61.8 Å². The maximum absolute atomic E-state index is 12.0. The maximum atomic E-state index is 12.0. The molecule has 0 radical (unpaired) electrons. The van der Waals surface area contributed by atoms with E-state index in [2.05, 4.69) is 17.3 Å². The molecule has 0 bridgehead atoms. The number of unbranched alkanes of at least 4 members (excludes halogenated alkanes) is 1. The van der Waals surface area contributed by atoms with E-state index >= 15 is 0 Å². The highest BCUT2D eigenvalue weighted by Crippen LogP contribution is 2.21. The van der Waals surface area contributed by atoms with Crippen molar-refractivity contribution in [3.63, 3.8) is 0 Å². The average Bonchev–Trinajstić information content (AvgIpc) is 2.48. The number of nitrogens with zero attached hydrogens (tertiary/aromatic N) is 2. The SMILES string of the molecule is CCCCNC(=O)C1=NN(c2cccc(C)c2)C(=O)CC1. The number of nitrogens with one attached hydrogen (secondary N) is 1. The molecular weight excluding hydrogens is 266 g/mol. The number of hydrogen-bond donors (Lipinski definition) is 1. The van der Waals surface area contributed by atoms with E-state index in [-0.39, 0.29) is 11.8 Å². The van der Waals surface area contributed by atoms with E-state index in [0.29, 0.717) is 30.8 Å². The van der Waals surface area contributed by atoms with E-state index in [1.54, 1.807) is 0 Å². The van der Waals surface area contributed by atoms with Crippen molar-refractivity contribution in [2.24, 2.45) is 5.10 Å². The minimum atomic E-state index is -0.173. The van der Waals surface area contributed by atoms with Crippen LogP contribution in [0.15, 0.2) is 29.4 Å². The van der Waals surface area contributed by atoms with E-state index in [1.807, 2.05) is 31.2 Å². The van der Waals surface area contributed by atoms with Crippen LogP contribution in [0.3, 0.4) is 0 Å². The molecule has 2 rings (SSSR count). The standard InChI is InChI=1S/C16H21N3O2/c1-3-4-10-17-16(21)14-8-9-15(20)19(18-14)13-7-5-6-12(2)11-13/h5-7,11H,3-4,8-10H2,1-2H3,(H,17,21). The van der Waals surface area contributed by atoms with Gasteiger partial charge in [0.15, 0.2) is 0 Å². The average molecular weight is 287 g/mol. The Hall–Kier alpha value is -2.17. The van der Waals surface area contributed by atoms with Gasteiger partial charge in [-0.15, -0.1) is 0 Å². The number of amides is 2. The molecule has 0 unspecified atom stereocenters. The van der Waals surface area contributed by atoms with Gasteiger partial charge in [-0.3, -0.25) is 9.59 Å². The summed E-state index contributed by atoms with van der Waals surface area (Å²) in [6, 6.07) is 7.55. The molecular formula is C16H21N3O2. The minimum Gasteiger partial charge on any atom is -0.351 e. The Kier molecular flexibility index (Phi) is 5.09. The number of carbonyl (C=O) groups is 2. The van der Waals surface area contributed by atoms with Crippen molar-refractivity contribution in [1.29, 1.82) is 0 Å². The van der Waals surface area contributed by atoms with Gasteiger partial charge in [0.2, 0.25) is 5.91 Å². The fraction of sp³-hybridized carbons (Fsp3) is 0.438. The van der Waals surface area contributed by atoms with Crippen LogP contribution >= 0.6 is 0 Å². The van der Waals surface area contributed by atoms with Crippen LogP contribution in [0.5, 0.6) is 0 Å². The van der Waals surface area contributed by atoms with E-state index in [9.17, 15) is 9.59 Å². The second-order valence-electron chi connectivity index (χ2n) is 5.20. The quantitative estimate of drug-likeness (QED) is 0.845. The predicted molar refractivity (Wildman–Crippen MR) is 83.3 cm³/mol. The third-order valence-electron chi connectivity index (χ3n) is 3.36. The second kappa shape index (κ2) is 7.02. The lowest BCUT2D eigenvalue weighted by Gasteiger charge is -2.23. The Labute approximate surface area is 125 Å². The summed E-state index contributed by atoms with van der Waals surface area (Å²) in [5.41, 5.74) is 2.18. The van der Waals surface area contributed by atoms with Gasteiger partial charge in [-0.2, -0.15) is 5.10 Å². The highest BCUT2D eigenvalue weighted by atomic mass is 16.2. The molecule has 5 heteroatoms. The number of carbonyl (C=O) groups excluding carboxylic acids is 2. The highest BCUT2D eigenvalue weighted by Gasteiger charge is 2.25. The van der Waals surface area contributed by atoms with Gasteiger partial charge in [0.25, 0.3) is 5.91 Å². The summed E-state index contributed by atoms with van der Waals surface area (Å²) in [6.07, 6.45) is 2.69. The molecule has 0 aromatic heterocycles. The summed E-state index contributed by atoms with van der Waals surface area (Å²) in [5, 5.41) is 8.42. The molecule has 1 aromatic rings. The highest BCUT2D eigenvalue weighted by molar-refractivity contribution is 6.40. The van der Waals surface area contributed by atoms with Crippen molar-refractivity contribution in [2.75, 3.05) is 11.6 Å². The molecule has 1 aliphatic rings. The first kappa shape index (κ1) is 15.2. The Bertz CT molecular complexity index is 566. The summed E-state index contributed by atoms with van der Waals surface area (Å²) in [4.78, 5) is 24.1. The van der Waals surface area contributed by atoms with Crippen molar-refractivity contribution in [3.05, 3.63) is 29.8 Å². The second-order valence-corrected chi connectivity index (χ2v) is 5.20. The van der Waals surface area contributed by atoms with Crippen LogP contribution in [0.4, 0.5) is 5.69 Å². The van der Waals surface area contributed by atoms with Crippen LogP contribution in [-0.4, -0.2) is 24.1 Å². The minimum absolute atomic E-state index is 0.0780. The van der Waals surface area contributed by atoms with Crippen molar-refractivity contribution in [1.82, 2.24) is 5.32 Å². The fourth-order valence-corrected chi connectivity index (χ4v) is 2.16. The third kappa shape index (κ3) is 3.90. The van der Waals surface area contributed by atoms with Crippen molar-refractivity contribution >= 4 is 23.2 Å². The fourth-order valence-electron chi connectivity index (χ4n) is 2.16. The normalized spacial score (nSPS) is 14.9. The summed E-state index contributed by atoms with van der Waals surface area (Å²) in [5.74, 6) is -0.251. The first-order chi connectivity index (χ1) is 10.1. The molecule has 5 nitrogen and oxygen atoms in total. The van der Waals surface area contributed by atoms with Crippen LogP contribution < -0.4 is 10.3 Å². The maximum Gasteiger partial charge on any atom is 0.267 e. The molecule has 21 heavy (non-hydrogen) atoms. The van der Waals surface area contributed by atoms with Gasteiger partial charge >= 0.3 is 0 Å². The van der Waals surface area contributed by atoms with Crippen LogP contribution in [0, 0.1) is 6.92 Å². The number of hydrogen-bond acceptors (Lipinski definition) is 3. The van der Waals surface area contributed by atoms with E-state index in [1.165, 1.54) is 5.01 Å². The molecule has 0 saturated heterocycles. The first-order valence-electron chi connectivity index (χ1n) is 7.37. The molecule has 0 spiro atoms. The largest absolute Gasteiger partial charge is 0.351 e. The third-order valence-corrected chi connectivity index (χ3v) is 3.36. The molecule has 0 saturated carbocycles. The van der Waals surface area contributed by atoms with Crippen LogP contribution in [0.1, 0.15) is 38.2 Å². The van der Waals surface area contributed by atoms with Gasteiger partial charge in [-0.1, -0.05) is 25.5 Å². The predicted octanol–water partition coefficient (Wildman–Crippen LogP) is 2.39. The van der Waals surface area contributed by atoms with Crippen LogP contribution in [0.2, 0.25) is 0 Å². The molecule has 1 aliphatic heterocycles. The number of anilines is 1. The summed E-state index contributed by atoms with van der Waals surface area (Å²) in [6.45, 7) is 4.68. The van der Waals surface area contributed by atoms with Crippen LogP contribution in [-0.2, 0) is 9.59 Å². The van der Waals surface area contributed by atoms with E-state index < -0.39 is 0 Å². The Morgan fingerprint density at radius 3 is 2.90 bits per heavy atom. The van der Waals surface area contributed by atoms with E-state index in [0.717, 1.165) is 18.4 Å². The zero-order valence-corrected chi connectivity index (χ0v) is 12.6. The van der Waals surface area contributed by atoms with Gasteiger partial charge < -0.3 is 5.32 Å². The van der Waals surface area contributed by atoms with Crippen molar-refractivity contribution in [3.8, 4) is 0 Å². The summed E-state index contributed by atoms with van der Waals surface area (Å²) >= 11 is 0. The molecule has 1 N–H and O–H groups in total. The molecule has 1 heterocycles. The lowest BCUT2D eigenvalue weighted by atomic mass is 10.1. The van der Waals surface area contributed by atoms with Crippen molar-refractivity contribution < 1.29 is 9.59 Å². The van der Waals surface area contributed by atoms with E-state index in [4.69, 9.17) is 0 Å². The van der Waals surface area contributed by atoms with Crippen molar-refractivity contribution in [2.45, 2.75) is 39.5 Å². The zero-order valence-electron chi connectivity index (χ0n) is 12.6. The smallest absolute Gasteiger partial charge is 0.267 e. The monoisotopic (exact) mass is 287 g/mol. The molecule has 0 atom stereocenters. The zero-order chi connectivity index (χ0) is 15.2. The van der Waals surface area contributed by atoms with Gasteiger partial charge in [-0.25, -0.2) is 5.01 Å². The first-order valence-corrected chi connectivity index (χ1v) is 7.37. The van der Waals surface area contributed by atoms with Gasteiger partial charge in [0.1, 0.15) is 5.71 Å². The van der Waals surface area contributed by atoms with Crippen LogP contribution in [0.25, 0.3) is 0 Å². The lowest BCUT2D eigenvalue weighted by Crippen LogP contribution is -2.39. The Morgan fingerprint density at radius 1 is 1.38 bits per heavy atom. The van der Waals surface area contributed by atoms with Gasteiger partial charge in [0, 0.05) is 19.4 Å². The lowest BCUT2D eigenvalue weighted by molar-refractivity contribution is -0.118. The molecule has 0 aliphatic carbocycles. The number of aryl methyl sites for hydroxylation is 1. The summed E-state index contributed by atoms with van der Waals surface area (Å²) < 4.78 is 0. The number of benzene rings is 1. The summed E-state index contributed by atoms with van der Waals surface area (Å²) in [7, 11) is 0. The number of rotatable bonds is 5. The number of hydrazone groups is 1. The molecule has 1 aromatic carbocycles. The molecule has 0 fully saturated rings. The van der Waals surface area contributed by atoms with Gasteiger partial charge in [0.05, 0.1) is 5.69 Å². The Morgan fingerprint density at radius 2 is 2.19 bits per heavy atom. The molecule has 2 amide bonds. The Balaban J connectivity index is 2.15. The van der Waals surface area contributed by atoms with Gasteiger partial charge in [-0.05, 0) is 31.0 Å². The molecule has 112 valence electrons.